The summed E-state index contributed by atoms with van der Waals surface area (Å²) in [6, 6.07) is 33.2. The number of anilines is 1. The Morgan fingerprint density at radius 2 is 1.19 bits per heavy atom. The van der Waals surface area contributed by atoms with E-state index >= 15 is 8.96 Å². The minimum Gasteiger partial charge on any atom is -0.497 e. The number of nitrogens with zero attached hydrogens (tertiary/aromatic N) is 1. The summed E-state index contributed by atoms with van der Waals surface area (Å²) in [6.45, 7) is 9.46. The van der Waals surface area contributed by atoms with Gasteiger partial charge in [0.1, 0.15) is 34.4 Å². The first kappa shape index (κ1) is 38.5. The van der Waals surface area contributed by atoms with Crippen LogP contribution in [-0.2, 0) is 11.0 Å². The maximum atomic E-state index is 15.6. The summed E-state index contributed by atoms with van der Waals surface area (Å²) in [7, 11) is 6.40. The standard InChI is InChI=1S/C51H49F2NO5/c1-48(2)28-49(3,4)30-50(29-48)42-12-10-9-11-37(42)45-40-27-43(54(52)53)39(36-22-21-35(57-7)25-44(36)58-8)26-41(40)47-38(46(45)50)23-24-51(59-47,31-13-17-33(55-5)18-14-31)32-15-19-34(56-6)20-16-32/h9-27H,28-30H2,1-8H3. The Hall–Kier alpha value is -6.02. The molecule has 59 heavy (non-hydrogen) atoms. The van der Waals surface area contributed by atoms with Gasteiger partial charge in [0.15, 0.2) is 5.60 Å². The number of methoxy groups -OCH3 is 4. The van der Waals surface area contributed by atoms with Crippen molar-refractivity contribution in [3.8, 4) is 51.0 Å². The molecule has 302 valence electrons. The van der Waals surface area contributed by atoms with Gasteiger partial charge in [-0.25, -0.2) is 0 Å². The first-order valence-corrected chi connectivity index (χ1v) is 20.1. The molecule has 2 aliphatic carbocycles. The number of benzene rings is 6. The molecule has 1 heterocycles. The van der Waals surface area contributed by atoms with E-state index in [-0.39, 0.29) is 16.5 Å². The second-order valence-electron chi connectivity index (χ2n) is 17.8. The lowest BCUT2D eigenvalue weighted by Crippen LogP contribution is -2.44. The van der Waals surface area contributed by atoms with Crippen molar-refractivity contribution in [2.75, 3.05) is 33.8 Å². The molecule has 1 aliphatic heterocycles. The second kappa shape index (κ2) is 13.8. The van der Waals surface area contributed by atoms with Gasteiger partial charge in [0.2, 0.25) is 0 Å². The number of hydrogen-bond acceptors (Lipinski definition) is 6. The molecule has 6 nitrogen and oxygen atoms in total. The highest BCUT2D eigenvalue weighted by Crippen LogP contribution is 2.67. The van der Waals surface area contributed by atoms with Crippen LogP contribution in [0.4, 0.5) is 14.6 Å². The summed E-state index contributed by atoms with van der Waals surface area (Å²) in [5.41, 5.74) is 6.16. The lowest BCUT2D eigenvalue weighted by molar-refractivity contribution is 0.0642. The van der Waals surface area contributed by atoms with Crippen molar-refractivity contribution in [3.63, 3.8) is 0 Å². The van der Waals surface area contributed by atoms with Gasteiger partial charge in [0.25, 0.3) is 0 Å². The van der Waals surface area contributed by atoms with E-state index in [1.165, 1.54) is 12.7 Å². The number of halogens is 2. The van der Waals surface area contributed by atoms with Crippen LogP contribution in [0.1, 0.15) is 74.8 Å². The zero-order valence-corrected chi connectivity index (χ0v) is 34.8. The first-order valence-electron chi connectivity index (χ1n) is 20.1. The third kappa shape index (κ3) is 6.01. The van der Waals surface area contributed by atoms with E-state index in [1.54, 1.807) is 45.6 Å². The fraction of sp³-hybridized carbons (Fsp3) is 0.294. The fourth-order valence-corrected chi connectivity index (χ4v) is 11.2. The van der Waals surface area contributed by atoms with Gasteiger partial charge in [-0.15, -0.1) is 0 Å². The second-order valence-corrected chi connectivity index (χ2v) is 17.8. The molecule has 6 aromatic rings. The third-order valence-electron chi connectivity index (χ3n) is 12.8. The molecule has 0 saturated heterocycles. The van der Waals surface area contributed by atoms with Gasteiger partial charge >= 0.3 is 0 Å². The molecule has 0 amide bonds. The van der Waals surface area contributed by atoms with Crippen molar-refractivity contribution < 1.29 is 32.6 Å². The number of hydrogen-bond donors (Lipinski definition) is 0. The topological polar surface area (TPSA) is 49.4 Å². The minimum atomic E-state index is -1.11. The molecule has 0 bridgehead atoms. The van der Waals surface area contributed by atoms with Gasteiger partial charge in [-0.1, -0.05) is 91.3 Å². The molecule has 0 aromatic heterocycles. The highest BCUT2D eigenvalue weighted by molar-refractivity contribution is 6.12. The van der Waals surface area contributed by atoms with Crippen LogP contribution in [0.3, 0.4) is 0 Å². The highest BCUT2D eigenvalue weighted by atomic mass is 19.4. The molecule has 0 radical (unpaired) electrons. The molecule has 1 fully saturated rings. The van der Waals surface area contributed by atoms with Crippen molar-refractivity contribution >= 4 is 22.5 Å². The largest absolute Gasteiger partial charge is 0.497 e. The number of fused-ring (bicyclic) bond motifs is 10. The molecular formula is C51H49F2NO5. The Morgan fingerprint density at radius 3 is 1.76 bits per heavy atom. The van der Waals surface area contributed by atoms with E-state index in [9.17, 15) is 0 Å². The van der Waals surface area contributed by atoms with Gasteiger partial charge in [-0.3, -0.25) is 0 Å². The van der Waals surface area contributed by atoms with E-state index in [2.05, 4.69) is 64.1 Å². The molecule has 1 spiro atoms. The van der Waals surface area contributed by atoms with Crippen LogP contribution < -0.4 is 29.0 Å². The molecule has 0 N–H and O–H groups in total. The molecule has 0 atom stereocenters. The Labute approximate surface area is 344 Å². The Bertz CT molecular complexity index is 2580. The average molecular weight is 794 g/mol. The SMILES string of the molecule is COc1ccc(C2(c3ccc(OC)cc3)C=Cc3c4c(c5cc(N(F)F)c(-c6ccc(OC)cc6OC)cc5c3O2)-c2ccccc2C42CC(C)(C)CC(C)(C)C2)cc1. The molecule has 6 aromatic carbocycles. The normalized spacial score (nSPS) is 17.4. The monoisotopic (exact) mass is 793 g/mol. The van der Waals surface area contributed by atoms with Gasteiger partial charge in [0.05, 0.1) is 28.4 Å². The zero-order valence-electron chi connectivity index (χ0n) is 34.8. The summed E-state index contributed by atoms with van der Waals surface area (Å²) in [5.74, 6) is 3.03. The maximum absolute atomic E-state index is 15.6. The summed E-state index contributed by atoms with van der Waals surface area (Å²) in [4.78, 5) is 0. The van der Waals surface area contributed by atoms with E-state index in [0.717, 1.165) is 64.1 Å². The van der Waals surface area contributed by atoms with E-state index in [0.29, 0.717) is 39.1 Å². The predicted octanol–water partition coefficient (Wildman–Crippen LogP) is 13.0. The molecule has 1 saturated carbocycles. The average Bonchev–Trinajstić information content (AvgIpc) is 3.49. The van der Waals surface area contributed by atoms with Gasteiger partial charge in [-0.2, -0.15) is 0 Å². The molecule has 0 unspecified atom stereocenters. The summed E-state index contributed by atoms with van der Waals surface area (Å²) >= 11 is 0. The molecule has 8 heteroatoms. The number of rotatable bonds is 8. The Balaban J connectivity index is 1.43. The summed E-state index contributed by atoms with van der Waals surface area (Å²) in [5, 5.41) is 0.631. The van der Waals surface area contributed by atoms with Crippen LogP contribution in [0.2, 0.25) is 0 Å². The third-order valence-corrected chi connectivity index (χ3v) is 12.8. The predicted molar refractivity (Wildman–Crippen MR) is 231 cm³/mol. The zero-order chi connectivity index (χ0) is 41.5. The van der Waals surface area contributed by atoms with Crippen molar-refractivity contribution in [1.82, 2.24) is 0 Å². The minimum absolute atomic E-state index is 0.0118. The van der Waals surface area contributed by atoms with Crippen LogP contribution in [0.25, 0.3) is 39.1 Å². The Morgan fingerprint density at radius 1 is 0.593 bits per heavy atom. The molecular weight excluding hydrogens is 745 g/mol. The van der Waals surface area contributed by atoms with Crippen LogP contribution in [-0.4, -0.2) is 28.4 Å². The van der Waals surface area contributed by atoms with Gasteiger partial charge < -0.3 is 23.7 Å². The Kier molecular flexibility index (Phi) is 9.00. The lowest BCUT2D eigenvalue weighted by Gasteiger charge is -2.52. The van der Waals surface area contributed by atoms with Crippen LogP contribution in [0.15, 0.2) is 109 Å². The smallest absolute Gasteiger partial charge is 0.178 e. The maximum Gasteiger partial charge on any atom is 0.178 e. The van der Waals surface area contributed by atoms with Crippen LogP contribution in [0.5, 0.6) is 28.7 Å². The quantitative estimate of drug-likeness (QED) is 0.143. The van der Waals surface area contributed by atoms with E-state index in [1.807, 2.05) is 54.6 Å². The van der Waals surface area contributed by atoms with E-state index in [4.69, 9.17) is 23.7 Å². The summed E-state index contributed by atoms with van der Waals surface area (Å²) < 4.78 is 61.3. The van der Waals surface area contributed by atoms with Gasteiger partial charge in [-0.05, 0) is 118 Å². The van der Waals surface area contributed by atoms with Crippen molar-refractivity contribution in [2.45, 2.75) is 58.0 Å². The van der Waals surface area contributed by atoms with Crippen molar-refractivity contribution in [3.05, 3.63) is 137 Å². The molecule has 3 aliphatic rings. The lowest BCUT2D eigenvalue weighted by atomic mass is 9.52. The summed E-state index contributed by atoms with van der Waals surface area (Å²) in [6.07, 6.45) is 7.25. The van der Waals surface area contributed by atoms with E-state index < -0.39 is 16.4 Å². The van der Waals surface area contributed by atoms with Crippen LogP contribution in [0, 0.1) is 10.8 Å². The first-order chi connectivity index (χ1) is 28.3. The van der Waals surface area contributed by atoms with Crippen molar-refractivity contribution in [2.24, 2.45) is 10.8 Å². The molecule has 9 rings (SSSR count). The highest BCUT2D eigenvalue weighted by Gasteiger charge is 2.55. The fourth-order valence-electron chi connectivity index (χ4n) is 11.2. The van der Waals surface area contributed by atoms with Crippen LogP contribution >= 0.6 is 0 Å². The van der Waals surface area contributed by atoms with Gasteiger partial charge in [0, 0.05) is 44.7 Å². The van der Waals surface area contributed by atoms with Crippen molar-refractivity contribution in [1.29, 1.82) is 0 Å². The number of ether oxygens (including phenoxy) is 5.